The maximum atomic E-state index is 11.2. The second-order valence-corrected chi connectivity index (χ2v) is 8.24. The van der Waals surface area contributed by atoms with Crippen LogP contribution in [0, 0.1) is 13.8 Å². The first kappa shape index (κ1) is 19.7. The van der Waals surface area contributed by atoms with Gasteiger partial charge in [-0.1, -0.05) is 18.2 Å². The van der Waals surface area contributed by atoms with E-state index < -0.39 is 5.97 Å². The molecule has 1 aliphatic heterocycles. The summed E-state index contributed by atoms with van der Waals surface area (Å²) in [4.78, 5) is 17.0. The Kier molecular flexibility index (Phi) is 4.97. The summed E-state index contributed by atoms with van der Waals surface area (Å²) in [6, 6.07) is 11.7. The fourth-order valence-electron chi connectivity index (χ4n) is 4.88. The fourth-order valence-corrected chi connectivity index (χ4v) is 4.88. The monoisotopic (exact) mass is 392 g/mol. The van der Waals surface area contributed by atoms with Gasteiger partial charge in [0.15, 0.2) is 0 Å². The Morgan fingerprint density at radius 2 is 1.97 bits per heavy atom. The fraction of sp³-hybridized carbons (Fsp3) is 0.375. The number of hydrogen-bond acceptors (Lipinski definition) is 3. The lowest BCUT2D eigenvalue weighted by Crippen LogP contribution is -2.62. The van der Waals surface area contributed by atoms with Crippen molar-refractivity contribution in [1.29, 1.82) is 0 Å². The number of carbonyl (C=O) groups is 1. The van der Waals surface area contributed by atoms with Gasteiger partial charge in [0.25, 0.3) is 0 Å². The van der Waals surface area contributed by atoms with Crippen molar-refractivity contribution in [3.05, 3.63) is 70.4 Å². The number of nitrogens with zero attached hydrogens (tertiary/aromatic N) is 1. The van der Waals surface area contributed by atoms with Crippen molar-refractivity contribution in [1.82, 2.24) is 9.88 Å². The molecule has 152 valence electrons. The normalized spacial score (nSPS) is 22.0. The molecule has 2 atom stereocenters. The molecule has 5 heteroatoms. The van der Waals surface area contributed by atoms with Gasteiger partial charge in [-0.2, -0.15) is 0 Å². The van der Waals surface area contributed by atoms with E-state index in [4.69, 9.17) is 4.74 Å². The second-order valence-electron chi connectivity index (χ2n) is 8.24. The number of carboxylic acid groups (broad SMARTS) is 1. The van der Waals surface area contributed by atoms with Crippen molar-refractivity contribution in [3.63, 3.8) is 0 Å². The zero-order valence-corrected chi connectivity index (χ0v) is 17.5. The van der Waals surface area contributed by atoms with E-state index in [1.807, 2.05) is 25.3 Å². The molecule has 1 unspecified atom stereocenters. The van der Waals surface area contributed by atoms with Gasteiger partial charge in [0.2, 0.25) is 0 Å². The molecule has 0 aliphatic carbocycles. The van der Waals surface area contributed by atoms with E-state index in [1.165, 1.54) is 27.6 Å². The Balaban J connectivity index is 1.68. The lowest BCUT2D eigenvalue weighted by atomic mass is 9.79. The molecule has 5 nitrogen and oxygen atoms in total. The van der Waals surface area contributed by atoms with Gasteiger partial charge in [0.05, 0.1) is 17.2 Å². The lowest BCUT2D eigenvalue weighted by molar-refractivity contribution is -0.181. The largest absolute Gasteiger partial charge is 0.478 e. The van der Waals surface area contributed by atoms with Crippen LogP contribution in [0.15, 0.2) is 42.6 Å². The summed E-state index contributed by atoms with van der Waals surface area (Å²) in [5.74, 6) is -0.903. The molecule has 2 aromatic carbocycles. The molecule has 3 aromatic rings. The number of carboxylic acids is 1. The minimum Gasteiger partial charge on any atom is -0.478 e. The second kappa shape index (κ2) is 7.32. The van der Waals surface area contributed by atoms with E-state index in [0.717, 1.165) is 18.7 Å². The Morgan fingerprint density at radius 1 is 1.24 bits per heavy atom. The minimum atomic E-state index is -0.903. The van der Waals surface area contributed by atoms with Crippen molar-refractivity contribution in [3.8, 4) is 0 Å². The average Bonchev–Trinajstić information content (AvgIpc) is 3.15. The van der Waals surface area contributed by atoms with E-state index in [2.05, 4.69) is 42.8 Å². The summed E-state index contributed by atoms with van der Waals surface area (Å²) < 4.78 is 6.14. The number of nitrogens with one attached hydrogen (secondary N) is 1. The van der Waals surface area contributed by atoms with Crippen molar-refractivity contribution in [2.45, 2.75) is 45.9 Å². The van der Waals surface area contributed by atoms with Crippen LogP contribution in [0.2, 0.25) is 0 Å². The summed E-state index contributed by atoms with van der Waals surface area (Å²) >= 11 is 0. The number of aromatic carboxylic acids is 1. The van der Waals surface area contributed by atoms with E-state index in [9.17, 15) is 9.90 Å². The van der Waals surface area contributed by atoms with Crippen LogP contribution >= 0.6 is 0 Å². The topological polar surface area (TPSA) is 65.6 Å². The number of hydrogen-bond donors (Lipinski definition) is 2. The molecular formula is C24H28N2O3. The van der Waals surface area contributed by atoms with Crippen molar-refractivity contribution >= 4 is 16.9 Å². The van der Waals surface area contributed by atoms with Crippen LogP contribution in [0.1, 0.15) is 52.5 Å². The van der Waals surface area contributed by atoms with E-state index >= 15 is 0 Å². The number of fused-ring (bicyclic) bond motifs is 1. The standard InChI is InChI=1S/C24H28N2O3/c1-5-29-24(4)14-26(22(24)17-6-8-18(9-7-17)23(27)28)13-20-15(2)12-16(3)21-19(20)10-11-25-21/h6-12,22,25H,5,13-14H2,1-4H3,(H,27,28)/t22-,24?/m1/s1. The molecule has 2 N–H and O–H groups in total. The van der Waals surface area contributed by atoms with E-state index in [-0.39, 0.29) is 11.6 Å². The first-order valence-electron chi connectivity index (χ1n) is 10.1. The number of likely N-dealkylation sites (tertiary alicyclic amines) is 1. The Bertz CT molecular complexity index is 1050. The first-order chi connectivity index (χ1) is 13.8. The molecule has 0 saturated carbocycles. The first-order valence-corrected chi connectivity index (χ1v) is 10.1. The van der Waals surface area contributed by atoms with Crippen LogP contribution in [-0.4, -0.2) is 39.7 Å². The molecular weight excluding hydrogens is 364 g/mol. The van der Waals surface area contributed by atoms with Crippen LogP contribution in [0.3, 0.4) is 0 Å². The van der Waals surface area contributed by atoms with Crippen LogP contribution in [0.25, 0.3) is 10.9 Å². The predicted molar refractivity (Wildman–Crippen MR) is 114 cm³/mol. The van der Waals surface area contributed by atoms with Gasteiger partial charge >= 0.3 is 5.97 Å². The van der Waals surface area contributed by atoms with Gasteiger partial charge in [-0.15, -0.1) is 0 Å². The molecule has 1 aromatic heterocycles. The number of ether oxygens (including phenoxy) is 1. The quantitative estimate of drug-likeness (QED) is 0.630. The van der Waals surface area contributed by atoms with Crippen LogP contribution in [0.4, 0.5) is 0 Å². The van der Waals surface area contributed by atoms with Gasteiger partial charge in [0, 0.05) is 36.8 Å². The summed E-state index contributed by atoms with van der Waals surface area (Å²) in [5, 5.41) is 10.5. The average molecular weight is 392 g/mol. The zero-order chi connectivity index (χ0) is 20.8. The summed E-state index contributed by atoms with van der Waals surface area (Å²) in [7, 11) is 0. The van der Waals surface area contributed by atoms with Crippen LogP contribution < -0.4 is 0 Å². The summed E-state index contributed by atoms with van der Waals surface area (Å²) in [6.45, 7) is 10.8. The number of aromatic amines is 1. The van der Waals surface area contributed by atoms with Gasteiger partial charge in [-0.05, 0) is 68.1 Å². The van der Waals surface area contributed by atoms with Gasteiger partial charge in [0.1, 0.15) is 0 Å². The molecule has 0 amide bonds. The molecule has 1 saturated heterocycles. The van der Waals surface area contributed by atoms with Crippen molar-refractivity contribution < 1.29 is 14.6 Å². The number of rotatable bonds is 6. The van der Waals surface area contributed by atoms with Gasteiger partial charge in [-0.3, -0.25) is 4.90 Å². The van der Waals surface area contributed by atoms with Crippen LogP contribution in [-0.2, 0) is 11.3 Å². The highest BCUT2D eigenvalue weighted by Gasteiger charge is 2.50. The highest BCUT2D eigenvalue weighted by atomic mass is 16.5. The molecule has 0 bridgehead atoms. The lowest BCUT2D eigenvalue weighted by Gasteiger charge is -2.55. The Hall–Kier alpha value is -2.63. The maximum Gasteiger partial charge on any atom is 0.335 e. The highest BCUT2D eigenvalue weighted by Crippen LogP contribution is 2.46. The Morgan fingerprint density at radius 3 is 2.62 bits per heavy atom. The third-order valence-corrected chi connectivity index (χ3v) is 6.14. The Labute approximate surface area is 171 Å². The third-order valence-electron chi connectivity index (χ3n) is 6.14. The maximum absolute atomic E-state index is 11.2. The third kappa shape index (κ3) is 3.34. The highest BCUT2D eigenvalue weighted by molar-refractivity contribution is 5.88. The SMILES string of the molecule is CCOC1(C)CN(Cc2c(C)cc(C)c3[nH]ccc23)[C@@H]1c1ccc(C(=O)O)cc1. The molecule has 1 aliphatic rings. The molecule has 1 fully saturated rings. The van der Waals surface area contributed by atoms with Crippen molar-refractivity contribution in [2.24, 2.45) is 0 Å². The minimum absolute atomic E-state index is 0.0833. The number of H-pyrrole nitrogens is 1. The van der Waals surface area contributed by atoms with Crippen LogP contribution in [0.5, 0.6) is 0 Å². The smallest absolute Gasteiger partial charge is 0.335 e. The number of aryl methyl sites for hydroxylation is 2. The molecule has 0 radical (unpaired) electrons. The molecule has 4 rings (SSSR count). The zero-order valence-electron chi connectivity index (χ0n) is 17.5. The molecule has 2 heterocycles. The van der Waals surface area contributed by atoms with Gasteiger partial charge < -0.3 is 14.8 Å². The van der Waals surface area contributed by atoms with Crippen molar-refractivity contribution in [2.75, 3.05) is 13.2 Å². The summed E-state index contributed by atoms with van der Waals surface area (Å²) in [5.41, 5.74) is 6.19. The van der Waals surface area contributed by atoms with E-state index in [1.54, 1.807) is 12.1 Å². The molecule has 29 heavy (non-hydrogen) atoms. The van der Waals surface area contributed by atoms with E-state index in [0.29, 0.717) is 12.2 Å². The number of benzene rings is 2. The summed E-state index contributed by atoms with van der Waals surface area (Å²) in [6.07, 6.45) is 2.00. The molecule has 0 spiro atoms. The van der Waals surface area contributed by atoms with Gasteiger partial charge in [-0.25, -0.2) is 4.79 Å². The predicted octanol–water partition coefficient (Wildman–Crippen LogP) is 4.84. The number of aromatic nitrogens is 1.